The van der Waals surface area contributed by atoms with Crippen LogP contribution < -0.4 is 5.32 Å². The highest BCUT2D eigenvalue weighted by Crippen LogP contribution is 2.35. The van der Waals surface area contributed by atoms with E-state index in [4.69, 9.17) is 6.42 Å². The lowest BCUT2D eigenvalue weighted by Crippen LogP contribution is -2.29. The van der Waals surface area contributed by atoms with Crippen LogP contribution in [0.2, 0.25) is 0 Å². The van der Waals surface area contributed by atoms with Gasteiger partial charge < -0.3 is 5.32 Å². The molecular weight excluding hydrogens is 320 g/mol. The summed E-state index contributed by atoms with van der Waals surface area (Å²) in [6, 6.07) is 1.88. The first-order chi connectivity index (χ1) is 9.63. The third-order valence-corrected chi connectivity index (χ3v) is 3.46. The van der Waals surface area contributed by atoms with Crippen molar-refractivity contribution in [1.82, 2.24) is 10.3 Å². The van der Waals surface area contributed by atoms with Crippen LogP contribution >= 0.6 is 15.9 Å². The second-order valence-electron chi connectivity index (χ2n) is 4.67. The van der Waals surface area contributed by atoms with Crippen molar-refractivity contribution < 1.29 is 4.79 Å². The number of halogens is 1. The second-order valence-corrected chi connectivity index (χ2v) is 5.59. The van der Waals surface area contributed by atoms with E-state index in [1.165, 1.54) is 0 Å². The first kappa shape index (κ1) is 14.7. The molecule has 0 bridgehead atoms. The minimum atomic E-state index is -0.336. The minimum Gasteiger partial charge on any atom is -0.356 e. The Kier molecular flexibility index (Phi) is 4.85. The van der Waals surface area contributed by atoms with E-state index in [1.54, 1.807) is 12.4 Å². The summed E-state index contributed by atoms with van der Waals surface area (Å²) in [5.41, 5.74) is 0.538. The number of hydrogen-bond donors (Lipinski definition) is 1. The van der Waals surface area contributed by atoms with Crippen molar-refractivity contribution in [3.63, 3.8) is 0 Å². The summed E-state index contributed by atoms with van der Waals surface area (Å²) in [5.74, 6) is 2.55. The molecule has 1 aliphatic rings. The average Bonchev–Trinajstić information content (AvgIpc) is 3.17. The van der Waals surface area contributed by atoms with Crippen molar-refractivity contribution in [1.29, 1.82) is 0 Å². The van der Waals surface area contributed by atoms with Crippen LogP contribution in [0.3, 0.4) is 0 Å². The Morgan fingerprint density at radius 2 is 2.20 bits per heavy atom. The van der Waals surface area contributed by atoms with E-state index in [0.717, 1.165) is 16.5 Å². The summed E-state index contributed by atoms with van der Waals surface area (Å²) in [7, 11) is 0. The van der Waals surface area contributed by atoms with Gasteiger partial charge in [0.05, 0.1) is 6.42 Å². The first-order valence-electron chi connectivity index (χ1n) is 6.37. The summed E-state index contributed by atoms with van der Waals surface area (Å²) in [6.45, 7) is 0.553. The SMILES string of the molecule is C#CCCC1(CCNC(=O)Cc2cncc(Br)c2)N=N1. The zero-order chi connectivity index (χ0) is 14.4. The van der Waals surface area contributed by atoms with Gasteiger partial charge in [-0.2, -0.15) is 10.2 Å². The van der Waals surface area contributed by atoms with Gasteiger partial charge in [-0.3, -0.25) is 9.78 Å². The van der Waals surface area contributed by atoms with Crippen molar-refractivity contribution in [3.05, 3.63) is 28.5 Å². The molecule has 1 N–H and O–H groups in total. The zero-order valence-electron chi connectivity index (χ0n) is 11.0. The number of carbonyl (C=O) groups excluding carboxylic acids is 1. The van der Waals surface area contributed by atoms with Gasteiger partial charge in [0.1, 0.15) is 0 Å². The Labute approximate surface area is 126 Å². The largest absolute Gasteiger partial charge is 0.356 e. The summed E-state index contributed by atoms with van der Waals surface area (Å²) < 4.78 is 0.867. The van der Waals surface area contributed by atoms with Gasteiger partial charge >= 0.3 is 0 Å². The van der Waals surface area contributed by atoms with Crippen molar-refractivity contribution >= 4 is 21.8 Å². The molecule has 0 aromatic carbocycles. The average molecular weight is 335 g/mol. The minimum absolute atomic E-state index is 0.0300. The normalized spacial score (nSPS) is 14.6. The van der Waals surface area contributed by atoms with Crippen LogP contribution in [0.1, 0.15) is 24.8 Å². The predicted octanol–water partition coefficient (Wildman–Crippen LogP) is 2.47. The van der Waals surface area contributed by atoms with Gasteiger partial charge in [0.25, 0.3) is 0 Å². The summed E-state index contributed by atoms with van der Waals surface area (Å²) in [4.78, 5) is 15.8. The van der Waals surface area contributed by atoms with E-state index in [2.05, 4.69) is 42.4 Å². The second kappa shape index (κ2) is 6.62. The number of hydrogen-bond acceptors (Lipinski definition) is 4. The Bertz CT molecular complexity index is 559. The van der Waals surface area contributed by atoms with Crippen molar-refractivity contribution in [2.75, 3.05) is 6.54 Å². The molecule has 0 fully saturated rings. The molecular formula is C14H15BrN4O. The molecule has 6 heteroatoms. The third-order valence-electron chi connectivity index (χ3n) is 3.03. The molecule has 104 valence electrons. The van der Waals surface area contributed by atoms with E-state index in [0.29, 0.717) is 25.8 Å². The molecule has 1 aromatic rings. The smallest absolute Gasteiger partial charge is 0.224 e. The van der Waals surface area contributed by atoms with Gasteiger partial charge in [-0.25, -0.2) is 0 Å². The van der Waals surface area contributed by atoms with Gasteiger partial charge in [0, 0.05) is 42.7 Å². The van der Waals surface area contributed by atoms with Crippen molar-refractivity contribution in [3.8, 4) is 12.3 Å². The number of aromatic nitrogens is 1. The molecule has 0 spiro atoms. The van der Waals surface area contributed by atoms with Gasteiger partial charge in [-0.1, -0.05) is 0 Å². The zero-order valence-corrected chi connectivity index (χ0v) is 12.6. The molecule has 1 amide bonds. The van der Waals surface area contributed by atoms with E-state index in [-0.39, 0.29) is 11.6 Å². The van der Waals surface area contributed by atoms with E-state index < -0.39 is 0 Å². The maximum atomic E-state index is 11.8. The van der Waals surface area contributed by atoms with Crippen LogP contribution in [-0.4, -0.2) is 23.1 Å². The number of pyridine rings is 1. The Hall–Kier alpha value is -1.74. The molecule has 2 heterocycles. The fourth-order valence-electron chi connectivity index (χ4n) is 1.87. The quantitative estimate of drug-likeness (QED) is 0.778. The molecule has 1 aliphatic heterocycles. The molecule has 2 rings (SSSR count). The lowest BCUT2D eigenvalue weighted by molar-refractivity contribution is -0.120. The lowest BCUT2D eigenvalue weighted by atomic mass is 10.0. The number of terminal acetylenes is 1. The van der Waals surface area contributed by atoms with Gasteiger partial charge in [0.2, 0.25) is 5.91 Å². The number of rotatable bonds is 7. The molecule has 0 unspecified atom stereocenters. The van der Waals surface area contributed by atoms with Gasteiger partial charge in [-0.15, -0.1) is 12.3 Å². The fraction of sp³-hybridized carbons (Fsp3) is 0.429. The molecule has 1 aromatic heterocycles. The van der Waals surface area contributed by atoms with Gasteiger partial charge in [-0.05, 0) is 27.6 Å². The van der Waals surface area contributed by atoms with Crippen LogP contribution in [0.4, 0.5) is 0 Å². The molecule has 0 saturated heterocycles. The molecule has 20 heavy (non-hydrogen) atoms. The number of nitrogens with zero attached hydrogens (tertiary/aromatic N) is 3. The first-order valence-corrected chi connectivity index (χ1v) is 7.16. The van der Waals surface area contributed by atoms with Crippen molar-refractivity contribution in [2.45, 2.75) is 31.3 Å². The molecule has 0 aliphatic carbocycles. The number of amides is 1. The fourth-order valence-corrected chi connectivity index (χ4v) is 2.28. The van der Waals surface area contributed by atoms with Crippen LogP contribution in [-0.2, 0) is 11.2 Å². The predicted molar refractivity (Wildman–Crippen MR) is 78.9 cm³/mol. The van der Waals surface area contributed by atoms with Gasteiger partial charge in [0.15, 0.2) is 5.66 Å². The Balaban J connectivity index is 1.70. The van der Waals surface area contributed by atoms with Crippen LogP contribution in [0.5, 0.6) is 0 Å². The highest BCUT2D eigenvalue weighted by atomic mass is 79.9. The van der Waals surface area contributed by atoms with Crippen LogP contribution in [0, 0.1) is 12.3 Å². The summed E-state index contributed by atoms with van der Waals surface area (Å²) in [6.07, 6.45) is 11.0. The standard InChI is InChI=1S/C14H15BrN4O/c1-2-3-4-14(18-19-14)5-6-17-13(20)8-11-7-12(15)10-16-9-11/h1,7,9-10H,3-6,8H2,(H,17,20). The maximum Gasteiger partial charge on any atom is 0.224 e. The third kappa shape index (κ3) is 4.42. The maximum absolute atomic E-state index is 11.8. The Morgan fingerprint density at radius 1 is 1.40 bits per heavy atom. The molecule has 5 nitrogen and oxygen atoms in total. The number of carbonyl (C=O) groups is 1. The Morgan fingerprint density at radius 3 is 2.85 bits per heavy atom. The molecule has 0 atom stereocenters. The monoisotopic (exact) mass is 334 g/mol. The van der Waals surface area contributed by atoms with Crippen LogP contribution in [0.25, 0.3) is 0 Å². The molecule has 0 saturated carbocycles. The summed E-state index contributed by atoms with van der Waals surface area (Å²) >= 11 is 3.33. The molecule has 0 radical (unpaired) electrons. The number of nitrogens with one attached hydrogen (secondary N) is 1. The highest BCUT2D eigenvalue weighted by molar-refractivity contribution is 9.10. The highest BCUT2D eigenvalue weighted by Gasteiger charge is 2.38. The van der Waals surface area contributed by atoms with E-state index in [1.807, 2.05) is 6.07 Å². The van der Waals surface area contributed by atoms with E-state index >= 15 is 0 Å². The van der Waals surface area contributed by atoms with Crippen molar-refractivity contribution in [2.24, 2.45) is 10.2 Å². The topological polar surface area (TPSA) is 66.7 Å². The van der Waals surface area contributed by atoms with Crippen LogP contribution in [0.15, 0.2) is 33.2 Å². The lowest BCUT2D eigenvalue weighted by Gasteiger charge is -2.09. The summed E-state index contributed by atoms with van der Waals surface area (Å²) in [5, 5.41) is 10.9. The van der Waals surface area contributed by atoms with E-state index in [9.17, 15) is 4.79 Å².